The van der Waals surface area contributed by atoms with Crippen LogP contribution in [0.3, 0.4) is 0 Å². The maximum Gasteiger partial charge on any atom is 0.312 e. The first kappa shape index (κ1) is 40.2. The zero-order chi connectivity index (χ0) is 38.3. The lowest BCUT2D eigenvalue weighted by Gasteiger charge is -2.73. The van der Waals surface area contributed by atoms with Gasteiger partial charge in [-0.15, -0.1) is 0 Å². The lowest BCUT2D eigenvalue weighted by molar-refractivity contribution is -0.247. The zero-order valence-corrected chi connectivity index (χ0v) is 34.9. The minimum Gasteiger partial charge on any atom is -0.481 e. The number of ether oxygens (including phenoxy) is 1. The average Bonchev–Trinajstić information content (AvgIpc) is 3.42. The number of sulfone groups is 1. The number of fused-ring (bicyclic) bond motifs is 7. The monoisotopic (exact) mass is 745 g/mol. The van der Waals surface area contributed by atoms with Gasteiger partial charge in [0.1, 0.15) is 15.9 Å². The fraction of sp³-hybridized carbons (Fsp3) is 0.907. The summed E-state index contributed by atoms with van der Waals surface area (Å²) in [7, 11) is -2.96. The summed E-state index contributed by atoms with van der Waals surface area (Å²) in [5, 5.41) is 13.5. The molecule has 0 bridgehead atoms. The summed E-state index contributed by atoms with van der Waals surface area (Å²) in [6.07, 6.45) is 14.1. The number of carboxylic acids is 1. The third-order valence-corrected chi connectivity index (χ3v) is 19.1. The van der Waals surface area contributed by atoms with Crippen molar-refractivity contribution in [2.75, 3.05) is 32.4 Å². The maximum atomic E-state index is 13.3. The molecule has 0 aromatic carbocycles. The molecule has 0 radical (unpaired) electrons. The van der Waals surface area contributed by atoms with Gasteiger partial charge in [0.2, 0.25) is 0 Å². The van der Waals surface area contributed by atoms with E-state index in [0.29, 0.717) is 29.6 Å². The van der Waals surface area contributed by atoms with Gasteiger partial charge in [0.25, 0.3) is 0 Å². The number of nitrogens with one attached hydrogen (secondary N) is 1. The van der Waals surface area contributed by atoms with Crippen molar-refractivity contribution in [3.8, 4) is 0 Å². The number of piperidine rings is 1. The van der Waals surface area contributed by atoms with Crippen molar-refractivity contribution in [3.05, 3.63) is 12.2 Å². The lowest BCUT2D eigenvalue weighted by Crippen LogP contribution is -2.69. The van der Waals surface area contributed by atoms with Crippen LogP contribution in [0.2, 0.25) is 0 Å². The molecule has 5 aliphatic carbocycles. The Morgan fingerprint density at radius 3 is 2.17 bits per heavy atom. The highest BCUT2D eigenvalue weighted by Crippen LogP contribution is 2.76. The molecule has 6 fully saturated rings. The molecule has 1 heterocycles. The molecule has 1 aliphatic heterocycles. The van der Waals surface area contributed by atoms with Gasteiger partial charge in [-0.2, -0.15) is 0 Å². The lowest BCUT2D eigenvalue weighted by atomic mass is 9.32. The molecule has 2 N–H and O–H groups in total. The number of hydrogen-bond acceptors (Lipinski definition) is 7. The number of likely N-dealkylation sites (tertiary alicyclic amines) is 1. The fourth-order valence-electron chi connectivity index (χ4n) is 14.4. The third-order valence-electron chi connectivity index (χ3n) is 17.4. The highest BCUT2D eigenvalue weighted by atomic mass is 32.2. The molecule has 8 nitrogen and oxygen atoms in total. The molecule has 6 aliphatic rings. The molecule has 6 rings (SSSR count). The van der Waals surface area contributed by atoms with E-state index in [-0.39, 0.29) is 50.9 Å². The van der Waals surface area contributed by atoms with Gasteiger partial charge in [0, 0.05) is 30.3 Å². The predicted molar refractivity (Wildman–Crippen MR) is 207 cm³/mol. The van der Waals surface area contributed by atoms with Gasteiger partial charge < -0.3 is 20.1 Å². The van der Waals surface area contributed by atoms with Gasteiger partial charge in [0.15, 0.2) is 0 Å². The molecule has 0 aromatic rings. The van der Waals surface area contributed by atoms with Crippen LogP contribution in [0.4, 0.5) is 0 Å². The Balaban J connectivity index is 1.19. The normalized spacial score (nSPS) is 42.3. The highest BCUT2D eigenvalue weighted by molar-refractivity contribution is 7.91. The molecule has 5 saturated carbocycles. The summed E-state index contributed by atoms with van der Waals surface area (Å²) in [6.45, 7) is 26.5. The number of esters is 1. The summed E-state index contributed by atoms with van der Waals surface area (Å²) in [6, 6.07) is 0. The van der Waals surface area contributed by atoms with Crippen LogP contribution in [0.5, 0.6) is 0 Å². The van der Waals surface area contributed by atoms with Crippen LogP contribution in [-0.2, 0) is 24.2 Å². The van der Waals surface area contributed by atoms with E-state index in [1.54, 1.807) is 13.8 Å². The van der Waals surface area contributed by atoms with Crippen molar-refractivity contribution in [2.45, 2.75) is 156 Å². The molecule has 10 atom stereocenters. The summed E-state index contributed by atoms with van der Waals surface area (Å²) >= 11 is 0. The van der Waals surface area contributed by atoms with Crippen molar-refractivity contribution in [2.24, 2.45) is 56.7 Å². The van der Waals surface area contributed by atoms with Gasteiger partial charge in [-0.25, -0.2) is 8.42 Å². The number of allylic oxidation sites excluding steroid dienone is 1. The van der Waals surface area contributed by atoms with Crippen molar-refractivity contribution in [3.63, 3.8) is 0 Å². The van der Waals surface area contributed by atoms with Crippen molar-refractivity contribution in [1.82, 2.24) is 10.2 Å². The fourth-order valence-corrected chi connectivity index (χ4v) is 15.5. The first-order chi connectivity index (χ1) is 24.0. The molecule has 0 spiro atoms. The van der Waals surface area contributed by atoms with Gasteiger partial charge in [-0.1, -0.05) is 46.8 Å². The number of hydrogen-bond donors (Lipinski definition) is 2. The Kier molecular flexibility index (Phi) is 10.5. The third kappa shape index (κ3) is 6.54. The summed E-state index contributed by atoms with van der Waals surface area (Å²) < 4.78 is 30.5. The molecule has 0 aromatic heterocycles. The number of carbonyl (C=O) groups excluding carboxylic acids is 1. The number of nitrogens with zero attached hydrogens (tertiary/aromatic N) is 1. The summed E-state index contributed by atoms with van der Waals surface area (Å²) in [5.41, 5.74) is 0.868. The van der Waals surface area contributed by atoms with Crippen molar-refractivity contribution < 1.29 is 27.9 Å². The first-order valence-corrected chi connectivity index (χ1v) is 22.7. The standard InChI is InChI=1S/C43H72N2O6S/c1-28(2)30-13-20-43(44-23-26-45-24-16-29(17-25-45)52(10,49)50)22-21-41(8)31(36(30)43)11-12-33-40(7)18-15-34(51-37(48)38(3,4)27-35(46)47)39(5,6)32(40)14-19-42(33,41)9/h29-34,36,44H,1,11-27H2,2-10H3,(H,46,47). The van der Waals surface area contributed by atoms with Crippen LogP contribution in [-0.4, -0.2) is 79.7 Å². The largest absolute Gasteiger partial charge is 0.481 e. The average molecular weight is 745 g/mol. The Labute approximate surface area is 316 Å². The van der Waals surface area contributed by atoms with E-state index in [1.807, 2.05) is 0 Å². The molecule has 52 heavy (non-hydrogen) atoms. The predicted octanol–water partition coefficient (Wildman–Crippen LogP) is 7.91. The van der Waals surface area contributed by atoms with E-state index >= 15 is 0 Å². The molecule has 9 heteroatoms. The van der Waals surface area contributed by atoms with Crippen LogP contribution in [0.25, 0.3) is 0 Å². The van der Waals surface area contributed by atoms with E-state index in [9.17, 15) is 23.1 Å². The Morgan fingerprint density at radius 1 is 0.885 bits per heavy atom. The quantitative estimate of drug-likeness (QED) is 0.172. The maximum absolute atomic E-state index is 13.3. The van der Waals surface area contributed by atoms with Gasteiger partial charge >= 0.3 is 11.9 Å². The van der Waals surface area contributed by atoms with E-state index in [0.717, 1.165) is 58.3 Å². The smallest absolute Gasteiger partial charge is 0.312 e. The first-order valence-electron chi connectivity index (χ1n) is 20.8. The SMILES string of the molecule is C=C(C)C1CCC2(NCCN3CCC(S(C)(=O)=O)CC3)CCC3(C)C(CCC4C5(C)CCC(OC(=O)C(C)(C)CC(=O)O)C(C)(C)C5CCC43C)C12. The van der Waals surface area contributed by atoms with Gasteiger partial charge in [-0.05, 0) is 157 Å². The molecule has 0 amide bonds. The van der Waals surface area contributed by atoms with Gasteiger partial charge in [-0.3, -0.25) is 9.59 Å². The Hall–Kier alpha value is -1.45. The van der Waals surface area contributed by atoms with Crippen LogP contribution < -0.4 is 5.32 Å². The van der Waals surface area contributed by atoms with E-state index in [2.05, 4.69) is 58.3 Å². The molecular weight excluding hydrogens is 673 g/mol. The molecular formula is C43H72N2O6S. The number of aliphatic carboxylic acids is 1. The van der Waals surface area contributed by atoms with E-state index < -0.39 is 21.2 Å². The van der Waals surface area contributed by atoms with Crippen LogP contribution >= 0.6 is 0 Å². The number of rotatable bonds is 10. The number of carboxylic acid groups (broad SMARTS) is 1. The minimum atomic E-state index is -2.96. The highest BCUT2D eigenvalue weighted by Gasteiger charge is 2.71. The van der Waals surface area contributed by atoms with Crippen LogP contribution in [0, 0.1) is 56.7 Å². The number of carbonyl (C=O) groups is 2. The second-order valence-corrected chi connectivity index (χ2v) is 23.2. The minimum absolute atomic E-state index is 0.140. The second kappa shape index (κ2) is 13.6. The molecule has 296 valence electrons. The van der Waals surface area contributed by atoms with Crippen molar-refractivity contribution >= 4 is 21.8 Å². The zero-order valence-electron chi connectivity index (χ0n) is 34.1. The Morgan fingerprint density at radius 2 is 1.56 bits per heavy atom. The van der Waals surface area contributed by atoms with Crippen molar-refractivity contribution in [1.29, 1.82) is 0 Å². The van der Waals surface area contributed by atoms with E-state index in [1.165, 1.54) is 56.8 Å². The second-order valence-electron chi connectivity index (χ2n) is 20.8. The summed E-state index contributed by atoms with van der Waals surface area (Å²) in [4.78, 5) is 27.3. The van der Waals surface area contributed by atoms with Gasteiger partial charge in [0.05, 0.1) is 17.1 Å². The Bertz CT molecular complexity index is 1520. The van der Waals surface area contributed by atoms with Crippen LogP contribution in [0.15, 0.2) is 12.2 Å². The molecule has 1 saturated heterocycles. The van der Waals surface area contributed by atoms with Crippen LogP contribution in [0.1, 0.15) is 139 Å². The summed E-state index contributed by atoms with van der Waals surface area (Å²) in [5.74, 6) is 1.47. The van der Waals surface area contributed by atoms with E-state index in [4.69, 9.17) is 4.74 Å². The topological polar surface area (TPSA) is 113 Å². The molecule has 10 unspecified atom stereocenters.